The van der Waals surface area contributed by atoms with Crippen LogP contribution in [0.5, 0.6) is 0 Å². The second kappa shape index (κ2) is 2.54. The molecule has 3 nitrogen and oxygen atoms in total. The standard InChI is InChI=1S/C7H6BrN3/c8-7-10-4-6(11-7)5-1-2-9-3-5/h1-4,9H,(H,10,11). The topological polar surface area (TPSA) is 44.5 Å². The highest BCUT2D eigenvalue weighted by molar-refractivity contribution is 9.10. The largest absolute Gasteiger partial charge is 0.367 e. The van der Waals surface area contributed by atoms with E-state index in [1.807, 2.05) is 18.5 Å². The van der Waals surface area contributed by atoms with Crippen molar-refractivity contribution in [3.05, 3.63) is 29.4 Å². The zero-order valence-corrected chi connectivity index (χ0v) is 7.22. The minimum Gasteiger partial charge on any atom is -0.367 e. The van der Waals surface area contributed by atoms with Crippen LogP contribution in [0.3, 0.4) is 0 Å². The fraction of sp³-hybridized carbons (Fsp3) is 0. The number of hydrogen-bond acceptors (Lipinski definition) is 1. The predicted octanol–water partition coefficient (Wildman–Crippen LogP) is 2.17. The van der Waals surface area contributed by atoms with Gasteiger partial charge in [-0.05, 0) is 22.0 Å². The van der Waals surface area contributed by atoms with E-state index in [9.17, 15) is 0 Å². The first-order chi connectivity index (χ1) is 5.36. The molecule has 0 saturated carbocycles. The minimum atomic E-state index is 0.758. The maximum atomic E-state index is 4.02. The first kappa shape index (κ1) is 6.67. The molecule has 0 aliphatic carbocycles. The number of aromatic amines is 2. The molecule has 2 aromatic heterocycles. The summed E-state index contributed by atoms with van der Waals surface area (Å²) >= 11 is 3.24. The lowest BCUT2D eigenvalue weighted by Gasteiger charge is -1.86. The summed E-state index contributed by atoms with van der Waals surface area (Å²) in [4.78, 5) is 10.1. The predicted molar refractivity (Wildman–Crippen MR) is 46.1 cm³/mol. The number of H-pyrrole nitrogens is 2. The second-order valence-corrected chi connectivity index (χ2v) is 2.94. The SMILES string of the molecule is Brc1ncc(-c2cc[nH]c2)[nH]1. The van der Waals surface area contributed by atoms with Gasteiger partial charge in [0.15, 0.2) is 4.73 Å². The molecule has 2 heterocycles. The van der Waals surface area contributed by atoms with E-state index in [4.69, 9.17) is 0 Å². The van der Waals surface area contributed by atoms with Gasteiger partial charge < -0.3 is 9.97 Å². The van der Waals surface area contributed by atoms with Crippen molar-refractivity contribution in [1.29, 1.82) is 0 Å². The first-order valence-electron chi connectivity index (χ1n) is 3.20. The summed E-state index contributed by atoms with van der Waals surface area (Å²) in [5.74, 6) is 0. The Bertz CT molecular complexity index is 336. The van der Waals surface area contributed by atoms with E-state index in [1.54, 1.807) is 6.20 Å². The highest BCUT2D eigenvalue weighted by Crippen LogP contribution is 2.17. The van der Waals surface area contributed by atoms with E-state index in [2.05, 4.69) is 30.9 Å². The van der Waals surface area contributed by atoms with Gasteiger partial charge in [0.05, 0.1) is 11.9 Å². The molecular weight excluding hydrogens is 206 g/mol. The van der Waals surface area contributed by atoms with Gasteiger partial charge in [-0.1, -0.05) is 0 Å². The van der Waals surface area contributed by atoms with E-state index in [0.29, 0.717) is 0 Å². The number of rotatable bonds is 1. The number of imidazole rings is 1. The molecular formula is C7H6BrN3. The van der Waals surface area contributed by atoms with Crippen molar-refractivity contribution >= 4 is 15.9 Å². The molecule has 0 spiro atoms. The molecule has 11 heavy (non-hydrogen) atoms. The van der Waals surface area contributed by atoms with Crippen LogP contribution in [0.1, 0.15) is 0 Å². The van der Waals surface area contributed by atoms with Crippen molar-refractivity contribution in [2.75, 3.05) is 0 Å². The maximum absolute atomic E-state index is 4.02. The average molecular weight is 212 g/mol. The van der Waals surface area contributed by atoms with Crippen molar-refractivity contribution in [1.82, 2.24) is 15.0 Å². The molecule has 2 N–H and O–H groups in total. The fourth-order valence-corrected chi connectivity index (χ4v) is 1.25. The summed E-state index contributed by atoms with van der Waals surface area (Å²) in [7, 11) is 0. The van der Waals surface area contributed by atoms with Crippen molar-refractivity contribution in [3.63, 3.8) is 0 Å². The normalized spacial score (nSPS) is 10.3. The van der Waals surface area contributed by atoms with Gasteiger partial charge in [0.25, 0.3) is 0 Å². The number of hydrogen-bond donors (Lipinski definition) is 2. The number of nitrogens with one attached hydrogen (secondary N) is 2. The monoisotopic (exact) mass is 211 g/mol. The highest BCUT2D eigenvalue weighted by Gasteiger charge is 1.99. The highest BCUT2D eigenvalue weighted by atomic mass is 79.9. The van der Waals surface area contributed by atoms with Crippen molar-refractivity contribution < 1.29 is 0 Å². The van der Waals surface area contributed by atoms with Crippen molar-refractivity contribution in [2.45, 2.75) is 0 Å². The van der Waals surface area contributed by atoms with Gasteiger partial charge in [-0.3, -0.25) is 0 Å². The summed E-state index contributed by atoms with van der Waals surface area (Å²) in [6.45, 7) is 0. The Hall–Kier alpha value is -1.03. The lowest BCUT2D eigenvalue weighted by atomic mass is 10.3. The van der Waals surface area contributed by atoms with Crippen LogP contribution in [0.25, 0.3) is 11.3 Å². The van der Waals surface area contributed by atoms with Gasteiger partial charge in [0, 0.05) is 18.0 Å². The molecule has 0 radical (unpaired) electrons. The lowest BCUT2D eigenvalue weighted by molar-refractivity contribution is 1.24. The van der Waals surface area contributed by atoms with Crippen LogP contribution in [0.2, 0.25) is 0 Å². The third kappa shape index (κ3) is 1.21. The molecule has 0 atom stereocenters. The molecule has 0 aromatic carbocycles. The Morgan fingerprint density at radius 1 is 1.45 bits per heavy atom. The fourth-order valence-electron chi connectivity index (χ4n) is 0.935. The average Bonchev–Trinajstić information content (AvgIpc) is 2.55. The van der Waals surface area contributed by atoms with Crippen molar-refractivity contribution in [2.24, 2.45) is 0 Å². The van der Waals surface area contributed by atoms with Crippen LogP contribution in [0.4, 0.5) is 0 Å². The van der Waals surface area contributed by atoms with Gasteiger partial charge in [-0.15, -0.1) is 0 Å². The third-order valence-electron chi connectivity index (χ3n) is 1.45. The zero-order chi connectivity index (χ0) is 7.68. The van der Waals surface area contributed by atoms with Crippen LogP contribution < -0.4 is 0 Å². The van der Waals surface area contributed by atoms with E-state index in [1.165, 1.54) is 0 Å². The van der Waals surface area contributed by atoms with Gasteiger partial charge >= 0.3 is 0 Å². The van der Waals surface area contributed by atoms with Gasteiger partial charge in [0.2, 0.25) is 0 Å². The van der Waals surface area contributed by atoms with E-state index >= 15 is 0 Å². The third-order valence-corrected chi connectivity index (χ3v) is 1.86. The molecule has 56 valence electrons. The van der Waals surface area contributed by atoms with Crippen LogP contribution in [0, 0.1) is 0 Å². The molecule has 4 heteroatoms. The summed E-state index contributed by atoms with van der Waals surface area (Å²) < 4.78 is 0.758. The van der Waals surface area contributed by atoms with E-state index in [0.717, 1.165) is 16.0 Å². The summed E-state index contributed by atoms with van der Waals surface area (Å²) in [5.41, 5.74) is 2.13. The smallest absolute Gasteiger partial charge is 0.174 e. The molecule has 0 amide bonds. The van der Waals surface area contributed by atoms with Crippen LogP contribution >= 0.6 is 15.9 Å². The summed E-state index contributed by atoms with van der Waals surface area (Å²) in [5, 5.41) is 0. The van der Waals surface area contributed by atoms with Crippen LogP contribution in [-0.4, -0.2) is 15.0 Å². The Morgan fingerprint density at radius 2 is 2.36 bits per heavy atom. The first-order valence-corrected chi connectivity index (χ1v) is 3.99. The second-order valence-electron chi connectivity index (χ2n) is 2.19. The maximum Gasteiger partial charge on any atom is 0.174 e. The molecule has 0 aliphatic heterocycles. The number of nitrogens with zero attached hydrogens (tertiary/aromatic N) is 1. The summed E-state index contributed by atoms with van der Waals surface area (Å²) in [6.07, 6.45) is 5.58. The zero-order valence-electron chi connectivity index (χ0n) is 5.63. The number of aromatic nitrogens is 3. The van der Waals surface area contributed by atoms with Gasteiger partial charge in [0.1, 0.15) is 0 Å². The Labute approximate surface area is 72.0 Å². The summed E-state index contributed by atoms with van der Waals surface area (Å²) in [6, 6.07) is 1.99. The molecule has 2 aromatic rings. The van der Waals surface area contributed by atoms with Crippen LogP contribution in [-0.2, 0) is 0 Å². The Morgan fingerprint density at radius 3 is 2.91 bits per heavy atom. The van der Waals surface area contributed by atoms with Gasteiger partial charge in [-0.2, -0.15) is 0 Å². The number of halogens is 1. The van der Waals surface area contributed by atoms with E-state index in [-0.39, 0.29) is 0 Å². The molecule has 0 unspecified atom stereocenters. The van der Waals surface area contributed by atoms with Gasteiger partial charge in [-0.25, -0.2) is 4.98 Å². The molecule has 2 rings (SSSR count). The molecule has 0 saturated heterocycles. The molecule has 0 fully saturated rings. The van der Waals surface area contributed by atoms with Crippen LogP contribution in [0.15, 0.2) is 29.4 Å². The van der Waals surface area contributed by atoms with E-state index < -0.39 is 0 Å². The Balaban J connectivity index is 2.45. The molecule has 0 aliphatic rings. The molecule has 0 bridgehead atoms. The quantitative estimate of drug-likeness (QED) is 0.747. The Kier molecular flexibility index (Phi) is 1.54. The van der Waals surface area contributed by atoms with Crippen molar-refractivity contribution in [3.8, 4) is 11.3 Å². The lowest BCUT2D eigenvalue weighted by Crippen LogP contribution is -1.70. The minimum absolute atomic E-state index is 0.758.